The van der Waals surface area contributed by atoms with Gasteiger partial charge in [0.15, 0.2) is 5.82 Å². The van der Waals surface area contributed by atoms with E-state index in [1.807, 2.05) is 42.5 Å². The van der Waals surface area contributed by atoms with Gasteiger partial charge in [-0.2, -0.15) is 0 Å². The number of nitrogens with zero attached hydrogens (tertiary/aromatic N) is 3. The van der Waals surface area contributed by atoms with Crippen molar-refractivity contribution in [1.82, 2.24) is 15.0 Å². The smallest absolute Gasteiger partial charge is 0.160 e. The summed E-state index contributed by atoms with van der Waals surface area (Å²) in [5, 5.41) is 5.41. The molecule has 3 heterocycles. The summed E-state index contributed by atoms with van der Waals surface area (Å²) in [6.45, 7) is 0. The monoisotopic (exact) mass is 651 g/mol. The van der Waals surface area contributed by atoms with Crippen LogP contribution in [0.25, 0.3) is 99.9 Å². The average molecular weight is 652 g/mol. The summed E-state index contributed by atoms with van der Waals surface area (Å²) in [7, 11) is 0. The zero-order valence-corrected chi connectivity index (χ0v) is 27.5. The van der Waals surface area contributed by atoms with E-state index >= 15 is 0 Å². The Balaban J connectivity index is 1.14. The Morgan fingerprint density at radius 1 is 0.353 bits per heavy atom. The molecule has 238 valence electrons. The molecule has 0 saturated heterocycles. The van der Waals surface area contributed by atoms with Crippen LogP contribution in [0.5, 0.6) is 0 Å². The second-order valence-electron chi connectivity index (χ2n) is 12.8. The molecule has 0 spiro atoms. The third-order valence-electron chi connectivity index (χ3n) is 9.69. The van der Waals surface area contributed by atoms with Gasteiger partial charge in [0.05, 0.1) is 22.6 Å². The van der Waals surface area contributed by atoms with Gasteiger partial charge in [-0.15, -0.1) is 0 Å². The lowest BCUT2D eigenvalue weighted by Gasteiger charge is -2.13. The molecule has 0 amide bonds. The van der Waals surface area contributed by atoms with Gasteiger partial charge >= 0.3 is 0 Å². The number of para-hydroxylation sites is 2. The van der Waals surface area contributed by atoms with Crippen LogP contribution in [0, 0.1) is 0 Å². The lowest BCUT2D eigenvalue weighted by atomic mass is 9.96. The maximum absolute atomic E-state index is 6.56. The van der Waals surface area contributed by atoms with Crippen molar-refractivity contribution >= 4 is 43.6 Å². The first-order chi connectivity index (χ1) is 25.3. The predicted octanol–water partition coefficient (Wildman–Crippen LogP) is 12.4. The predicted molar refractivity (Wildman–Crippen MR) is 209 cm³/mol. The third-order valence-corrected chi connectivity index (χ3v) is 9.69. The molecule has 0 unspecified atom stereocenters. The zero-order chi connectivity index (χ0) is 33.7. The highest BCUT2D eigenvalue weighted by atomic mass is 16.3. The number of rotatable bonds is 5. The molecule has 0 radical (unpaired) electrons. The minimum atomic E-state index is 0.679. The SMILES string of the molecule is c1ccc(-c2ccc(-c3nc(-c4ccccc4)cc(-c4cccc(-c5nc6ccccc6c6c5ccc5c7ccccc7oc56)c4)n3)cc2)cc1. The number of aromatic nitrogens is 3. The minimum absolute atomic E-state index is 0.679. The van der Waals surface area contributed by atoms with E-state index < -0.39 is 0 Å². The van der Waals surface area contributed by atoms with E-state index in [4.69, 9.17) is 19.4 Å². The number of benzene rings is 7. The molecular formula is C47H29N3O. The molecule has 0 atom stereocenters. The van der Waals surface area contributed by atoms with Crippen molar-refractivity contribution in [2.24, 2.45) is 0 Å². The number of pyridine rings is 1. The lowest BCUT2D eigenvalue weighted by molar-refractivity contribution is 0.673. The van der Waals surface area contributed by atoms with Gasteiger partial charge in [0.2, 0.25) is 0 Å². The Morgan fingerprint density at radius 3 is 1.75 bits per heavy atom. The van der Waals surface area contributed by atoms with Crippen molar-refractivity contribution in [3.05, 3.63) is 176 Å². The summed E-state index contributed by atoms with van der Waals surface area (Å²) in [5.74, 6) is 0.679. The van der Waals surface area contributed by atoms with Gasteiger partial charge in [0, 0.05) is 49.2 Å². The highest BCUT2D eigenvalue weighted by Crippen LogP contribution is 2.41. The average Bonchev–Trinajstić information content (AvgIpc) is 3.60. The standard InChI is InChI=1S/C47H29N3O/c1-3-12-30(13-4-1)31-22-24-33(25-23-31)47-49-41(32-14-5-2-6-15-32)29-42(50-47)34-16-11-17-35(28-34)45-39-27-26-37-36-18-8-10-21-43(36)51-46(37)44(39)38-19-7-9-20-40(38)48-45/h1-29H. The summed E-state index contributed by atoms with van der Waals surface area (Å²) in [6, 6.07) is 60.7. The van der Waals surface area contributed by atoms with Gasteiger partial charge in [-0.1, -0.05) is 146 Å². The first-order valence-corrected chi connectivity index (χ1v) is 17.1. The van der Waals surface area contributed by atoms with Gasteiger partial charge in [0.1, 0.15) is 11.2 Å². The Kier molecular flexibility index (Phi) is 6.78. The van der Waals surface area contributed by atoms with Crippen molar-refractivity contribution < 1.29 is 4.42 Å². The fourth-order valence-corrected chi connectivity index (χ4v) is 7.19. The first-order valence-electron chi connectivity index (χ1n) is 17.1. The number of fused-ring (bicyclic) bond motifs is 7. The maximum Gasteiger partial charge on any atom is 0.160 e. The van der Waals surface area contributed by atoms with E-state index in [0.717, 1.165) is 88.5 Å². The fraction of sp³-hybridized carbons (Fsp3) is 0. The van der Waals surface area contributed by atoms with Crippen LogP contribution in [0.2, 0.25) is 0 Å². The van der Waals surface area contributed by atoms with Gasteiger partial charge in [0.25, 0.3) is 0 Å². The Labute approximate surface area is 294 Å². The van der Waals surface area contributed by atoms with Crippen LogP contribution in [0.4, 0.5) is 0 Å². The molecule has 0 aliphatic rings. The highest BCUT2D eigenvalue weighted by molar-refractivity contribution is 6.24. The van der Waals surface area contributed by atoms with Crippen LogP contribution in [-0.2, 0) is 0 Å². The fourth-order valence-electron chi connectivity index (χ4n) is 7.19. The molecule has 0 fully saturated rings. The van der Waals surface area contributed by atoms with Crippen molar-refractivity contribution in [1.29, 1.82) is 0 Å². The molecule has 0 bridgehead atoms. The van der Waals surface area contributed by atoms with Gasteiger partial charge in [-0.05, 0) is 41.5 Å². The Morgan fingerprint density at radius 2 is 0.941 bits per heavy atom. The number of furan rings is 1. The molecule has 10 rings (SSSR count). The Hall–Kier alpha value is -6.91. The summed E-state index contributed by atoms with van der Waals surface area (Å²) in [4.78, 5) is 15.5. The quantitative estimate of drug-likeness (QED) is 0.174. The van der Waals surface area contributed by atoms with Crippen molar-refractivity contribution in [3.8, 4) is 56.3 Å². The Bertz CT molecular complexity index is 2900. The van der Waals surface area contributed by atoms with Crippen LogP contribution >= 0.6 is 0 Å². The molecule has 0 aliphatic carbocycles. The van der Waals surface area contributed by atoms with Gasteiger partial charge < -0.3 is 4.42 Å². The molecule has 51 heavy (non-hydrogen) atoms. The molecule has 0 N–H and O–H groups in total. The normalized spacial score (nSPS) is 11.5. The molecule has 10 aromatic rings. The van der Waals surface area contributed by atoms with Crippen LogP contribution in [0.3, 0.4) is 0 Å². The van der Waals surface area contributed by atoms with E-state index in [9.17, 15) is 0 Å². The second-order valence-corrected chi connectivity index (χ2v) is 12.8. The minimum Gasteiger partial charge on any atom is -0.455 e. The van der Waals surface area contributed by atoms with Crippen LogP contribution in [0.1, 0.15) is 0 Å². The zero-order valence-electron chi connectivity index (χ0n) is 27.5. The molecule has 0 saturated carbocycles. The largest absolute Gasteiger partial charge is 0.455 e. The van der Waals surface area contributed by atoms with Crippen LogP contribution < -0.4 is 0 Å². The van der Waals surface area contributed by atoms with E-state index in [1.54, 1.807) is 0 Å². The summed E-state index contributed by atoms with van der Waals surface area (Å²) < 4.78 is 6.56. The second kappa shape index (κ2) is 11.9. The molecule has 0 aliphatic heterocycles. The van der Waals surface area contributed by atoms with E-state index in [1.165, 1.54) is 5.56 Å². The maximum atomic E-state index is 6.56. The molecule has 4 heteroatoms. The van der Waals surface area contributed by atoms with Crippen LogP contribution in [0.15, 0.2) is 180 Å². The topological polar surface area (TPSA) is 51.8 Å². The van der Waals surface area contributed by atoms with Crippen LogP contribution in [-0.4, -0.2) is 15.0 Å². The number of hydrogen-bond acceptors (Lipinski definition) is 4. The van der Waals surface area contributed by atoms with E-state index in [0.29, 0.717) is 5.82 Å². The molecule has 7 aromatic carbocycles. The summed E-state index contributed by atoms with van der Waals surface area (Å²) in [6.07, 6.45) is 0. The summed E-state index contributed by atoms with van der Waals surface area (Å²) >= 11 is 0. The lowest BCUT2D eigenvalue weighted by Crippen LogP contribution is -1.96. The van der Waals surface area contributed by atoms with Gasteiger partial charge in [-0.3, -0.25) is 0 Å². The third kappa shape index (κ3) is 5.04. The molecule has 3 aromatic heterocycles. The highest BCUT2D eigenvalue weighted by Gasteiger charge is 2.18. The van der Waals surface area contributed by atoms with Crippen molar-refractivity contribution in [3.63, 3.8) is 0 Å². The molecular weight excluding hydrogens is 623 g/mol. The van der Waals surface area contributed by atoms with Crippen molar-refractivity contribution in [2.45, 2.75) is 0 Å². The molecule has 4 nitrogen and oxygen atoms in total. The van der Waals surface area contributed by atoms with Crippen molar-refractivity contribution in [2.75, 3.05) is 0 Å². The van der Waals surface area contributed by atoms with E-state index in [-0.39, 0.29) is 0 Å². The van der Waals surface area contributed by atoms with Gasteiger partial charge in [-0.25, -0.2) is 15.0 Å². The summed E-state index contributed by atoms with van der Waals surface area (Å²) in [5.41, 5.74) is 11.6. The number of hydrogen-bond donors (Lipinski definition) is 0. The first kappa shape index (κ1) is 29.0. The van der Waals surface area contributed by atoms with E-state index in [2.05, 4.69) is 133 Å².